The molecule has 1 aromatic carbocycles. The van der Waals surface area contributed by atoms with Gasteiger partial charge in [-0.1, -0.05) is 26.5 Å². The van der Waals surface area contributed by atoms with Gasteiger partial charge in [0.25, 0.3) is 0 Å². The predicted molar refractivity (Wildman–Crippen MR) is 123 cm³/mol. The van der Waals surface area contributed by atoms with Gasteiger partial charge in [0.05, 0.1) is 0 Å². The molecule has 1 aliphatic rings. The Morgan fingerprint density at radius 1 is 1.30 bits per heavy atom. The van der Waals surface area contributed by atoms with E-state index in [2.05, 4.69) is 76.4 Å². The third kappa shape index (κ3) is 4.63. The first-order chi connectivity index (χ1) is 13.2. The van der Waals surface area contributed by atoms with Crippen LogP contribution in [0.3, 0.4) is 0 Å². The Labute approximate surface area is 168 Å². The second-order valence-corrected chi connectivity index (χ2v) is 7.88. The fourth-order valence-corrected chi connectivity index (χ4v) is 4.45. The van der Waals surface area contributed by atoms with E-state index >= 15 is 0 Å². The minimum atomic E-state index is 0. The number of nitrogens with one attached hydrogen (secondary N) is 1. The van der Waals surface area contributed by atoms with Gasteiger partial charge in [0.15, 0.2) is 0 Å². The van der Waals surface area contributed by atoms with Crippen molar-refractivity contribution in [2.45, 2.75) is 45.7 Å². The first-order valence-electron chi connectivity index (χ1n) is 9.99. The lowest BCUT2D eigenvalue weighted by Crippen LogP contribution is -2.25. The van der Waals surface area contributed by atoms with Gasteiger partial charge in [-0.2, -0.15) is 0 Å². The van der Waals surface area contributed by atoms with Crippen LogP contribution in [0, 0.1) is 0 Å². The van der Waals surface area contributed by atoms with Gasteiger partial charge >= 0.3 is 0 Å². The molecule has 1 fully saturated rings. The molecule has 0 amide bonds. The summed E-state index contributed by atoms with van der Waals surface area (Å²) < 4.78 is 2.39. The number of rotatable bonds is 6. The van der Waals surface area contributed by atoms with Gasteiger partial charge in [-0.05, 0) is 68.6 Å². The van der Waals surface area contributed by atoms with Crippen LogP contribution in [0.15, 0.2) is 54.6 Å². The van der Waals surface area contributed by atoms with Crippen LogP contribution >= 0.6 is 11.3 Å². The highest BCUT2D eigenvalue weighted by molar-refractivity contribution is 7.11. The molecule has 1 N–H and O–H groups in total. The van der Waals surface area contributed by atoms with Crippen LogP contribution in [-0.2, 0) is 6.54 Å². The van der Waals surface area contributed by atoms with Crippen molar-refractivity contribution in [3.63, 3.8) is 0 Å². The molecule has 3 nitrogen and oxygen atoms in total. The highest BCUT2D eigenvalue weighted by atomic mass is 32.1. The third-order valence-electron chi connectivity index (χ3n) is 5.26. The summed E-state index contributed by atoms with van der Waals surface area (Å²) in [5.41, 5.74) is 3.37. The van der Waals surface area contributed by atoms with Crippen molar-refractivity contribution in [2.24, 2.45) is 0 Å². The molecule has 0 saturated carbocycles. The van der Waals surface area contributed by atoms with E-state index in [1.54, 1.807) is 11.3 Å². The number of hydrogen-bond donors (Lipinski definition) is 1. The lowest BCUT2D eigenvalue weighted by atomic mass is 10.1. The van der Waals surface area contributed by atoms with Crippen LogP contribution in [0.5, 0.6) is 0 Å². The molecule has 0 radical (unpaired) electrons. The number of benzene rings is 1. The van der Waals surface area contributed by atoms with Gasteiger partial charge in [-0.3, -0.25) is 0 Å². The summed E-state index contributed by atoms with van der Waals surface area (Å²) >= 11 is 1.71. The molecule has 4 heteroatoms. The Kier molecular flexibility index (Phi) is 6.75. The highest BCUT2D eigenvalue weighted by Gasteiger charge is 2.20. The molecule has 0 aliphatic carbocycles. The third-order valence-corrected chi connectivity index (χ3v) is 6.19. The van der Waals surface area contributed by atoms with Crippen molar-refractivity contribution < 1.29 is 1.43 Å². The first-order valence-corrected chi connectivity index (χ1v) is 10.9. The second-order valence-electron chi connectivity index (χ2n) is 6.93. The SMILES string of the molecule is C=C(Nc1ccc2c(ccn2CCC2CCCN2C)c1)c1cccs1.CC.[HH]. The minimum Gasteiger partial charge on any atom is -0.355 e. The van der Waals surface area contributed by atoms with E-state index in [4.69, 9.17) is 0 Å². The first kappa shape index (κ1) is 19.7. The Balaban J connectivity index is 0.000000906. The zero-order valence-electron chi connectivity index (χ0n) is 16.7. The summed E-state index contributed by atoms with van der Waals surface area (Å²) in [6, 6.07) is 13.7. The number of fused-ring (bicyclic) bond motifs is 1. The maximum absolute atomic E-state index is 4.15. The summed E-state index contributed by atoms with van der Waals surface area (Å²) in [5.74, 6) is 0. The average molecular weight is 384 g/mol. The van der Waals surface area contributed by atoms with E-state index in [0.717, 1.165) is 24.0 Å². The van der Waals surface area contributed by atoms with Gasteiger partial charge in [-0.25, -0.2) is 0 Å². The molecule has 146 valence electrons. The Morgan fingerprint density at radius 3 is 2.85 bits per heavy atom. The second kappa shape index (κ2) is 9.25. The molecule has 3 heterocycles. The van der Waals surface area contributed by atoms with E-state index < -0.39 is 0 Å². The van der Waals surface area contributed by atoms with E-state index in [1.165, 1.54) is 41.6 Å². The van der Waals surface area contributed by atoms with Crippen molar-refractivity contribution >= 4 is 33.6 Å². The number of hydrogen-bond acceptors (Lipinski definition) is 3. The Bertz CT molecular complexity index is 869. The maximum Gasteiger partial charge on any atom is 0.0499 e. The number of anilines is 1. The predicted octanol–water partition coefficient (Wildman–Crippen LogP) is 6.54. The van der Waals surface area contributed by atoms with Gasteiger partial charge in [0.2, 0.25) is 0 Å². The quantitative estimate of drug-likeness (QED) is 0.521. The van der Waals surface area contributed by atoms with Crippen molar-refractivity contribution in [3.8, 4) is 0 Å². The van der Waals surface area contributed by atoms with Crippen LogP contribution in [0.2, 0.25) is 0 Å². The zero-order valence-corrected chi connectivity index (χ0v) is 17.6. The zero-order chi connectivity index (χ0) is 19.2. The topological polar surface area (TPSA) is 20.2 Å². The van der Waals surface area contributed by atoms with Gasteiger partial charge in [-0.15, -0.1) is 11.3 Å². The number of likely N-dealkylation sites (tertiary alicyclic amines) is 1. The van der Waals surface area contributed by atoms with Crippen LogP contribution in [0.25, 0.3) is 16.6 Å². The molecule has 1 unspecified atom stereocenters. The lowest BCUT2D eigenvalue weighted by molar-refractivity contribution is 0.287. The van der Waals surface area contributed by atoms with Crippen molar-refractivity contribution in [2.75, 3.05) is 18.9 Å². The fraction of sp³-hybridized carbons (Fsp3) is 0.391. The molecule has 27 heavy (non-hydrogen) atoms. The summed E-state index contributed by atoms with van der Waals surface area (Å²) in [4.78, 5) is 3.68. The van der Waals surface area contributed by atoms with Crippen LogP contribution in [0.4, 0.5) is 5.69 Å². The average Bonchev–Trinajstić information content (AvgIpc) is 3.43. The Morgan fingerprint density at radius 2 is 2.15 bits per heavy atom. The van der Waals surface area contributed by atoms with Gasteiger partial charge in [0.1, 0.15) is 0 Å². The van der Waals surface area contributed by atoms with Gasteiger partial charge < -0.3 is 14.8 Å². The molecular formula is C23H33N3S. The molecule has 0 bridgehead atoms. The molecule has 1 saturated heterocycles. The van der Waals surface area contributed by atoms with Crippen LogP contribution in [-0.4, -0.2) is 29.1 Å². The van der Waals surface area contributed by atoms with E-state index in [0.29, 0.717) is 0 Å². The summed E-state index contributed by atoms with van der Waals surface area (Å²) in [6.45, 7) is 10.5. The van der Waals surface area contributed by atoms with Crippen molar-refractivity contribution in [1.29, 1.82) is 0 Å². The molecule has 1 aliphatic heterocycles. The van der Waals surface area contributed by atoms with E-state index in [9.17, 15) is 0 Å². The molecular weight excluding hydrogens is 350 g/mol. The summed E-state index contributed by atoms with van der Waals surface area (Å²) in [5, 5.41) is 6.79. The van der Waals surface area contributed by atoms with Crippen LogP contribution in [0.1, 0.15) is 39.4 Å². The molecule has 0 spiro atoms. The molecule has 2 aromatic heterocycles. The van der Waals surface area contributed by atoms with Crippen molar-refractivity contribution in [3.05, 3.63) is 59.4 Å². The largest absolute Gasteiger partial charge is 0.355 e. The summed E-state index contributed by atoms with van der Waals surface area (Å²) in [7, 11) is 2.25. The minimum absolute atomic E-state index is 0. The number of thiophene rings is 1. The number of aryl methyl sites for hydroxylation is 1. The highest BCUT2D eigenvalue weighted by Crippen LogP contribution is 2.26. The number of nitrogens with zero attached hydrogens (tertiary/aromatic N) is 2. The van der Waals surface area contributed by atoms with Gasteiger partial charge in [0, 0.05) is 47.4 Å². The molecule has 1 atom stereocenters. The Hall–Kier alpha value is -2.04. The standard InChI is InChI=1S/C21H25N3S.C2H6.H2/c1-16(21-6-4-14-25-21)22-18-7-8-20-17(15-18)9-12-24(20)13-10-19-5-3-11-23(19)2;1-2;/h4,6-9,12,14-15,19,22H,1,3,5,10-11,13H2,2H3;1-2H3;1H. The normalized spacial score (nSPS) is 16.9. The smallest absolute Gasteiger partial charge is 0.0499 e. The maximum atomic E-state index is 4.15. The molecule has 4 rings (SSSR count). The lowest BCUT2D eigenvalue weighted by Gasteiger charge is -2.19. The van der Waals surface area contributed by atoms with Crippen LogP contribution < -0.4 is 5.32 Å². The van der Waals surface area contributed by atoms with E-state index in [-0.39, 0.29) is 1.43 Å². The fourth-order valence-electron chi connectivity index (χ4n) is 3.79. The summed E-state index contributed by atoms with van der Waals surface area (Å²) in [6.07, 6.45) is 6.14. The van der Waals surface area contributed by atoms with E-state index in [1.807, 2.05) is 13.8 Å². The monoisotopic (exact) mass is 383 g/mol. The van der Waals surface area contributed by atoms with Crippen molar-refractivity contribution in [1.82, 2.24) is 9.47 Å². The number of aromatic nitrogens is 1. The molecule has 3 aromatic rings.